The molecule has 0 bridgehead atoms. The van der Waals surface area contributed by atoms with Crippen LogP contribution in [0.3, 0.4) is 0 Å². The lowest BCUT2D eigenvalue weighted by molar-refractivity contribution is -0.201. The van der Waals surface area contributed by atoms with Gasteiger partial charge in [0.05, 0.1) is 30.6 Å². The number of aliphatic hydroxyl groups is 1. The Hall–Kier alpha value is -3.03. The van der Waals surface area contributed by atoms with Crippen LogP contribution in [0.25, 0.3) is 11.2 Å². The predicted molar refractivity (Wildman–Crippen MR) is 125 cm³/mol. The highest BCUT2D eigenvalue weighted by Crippen LogP contribution is 2.44. The van der Waals surface area contributed by atoms with Crippen molar-refractivity contribution < 1.29 is 19.4 Å². The zero-order chi connectivity index (χ0) is 25.7. The monoisotopic (exact) mass is 491 g/mol. The molecule has 4 heterocycles. The van der Waals surface area contributed by atoms with Crippen molar-refractivity contribution in [3.63, 3.8) is 0 Å². The molecule has 13 heteroatoms. The summed E-state index contributed by atoms with van der Waals surface area (Å²) in [5.41, 5.74) is 8.47. The zero-order valence-corrected chi connectivity index (χ0v) is 20.3. The number of ether oxygens (including phenoxy) is 1. The van der Waals surface area contributed by atoms with Gasteiger partial charge in [-0.1, -0.05) is 0 Å². The Labute approximate surface area is 201 Å². The van der Waals surface area contributed by atoms with Crippen molar-refractivity contribution in [1.29, 1.82) is 0 Å². The van der Waals surface area contributed by atoms with Gasteiger partial charge in [0.25, 0.3) is 5.56 Å². The lowest BCUT2D eigenvalue weighted by Gasteiger charge is -2.51. The number of imidazole rings is 1. The third kappa shape index (κ3) is 4.39. The number of hydrogen-bond donors (Lipinski definition) is 3. The minimum Gasteiger partial charge on any atom is -0.386 e. The lowest BCUT2D eigenvalue weighted by atomic mass is 9.77. The van der Waals surface area contributed by atoms with E-state index >= 15 is 0 Å². The lowest BCUT2D eigenvalue weighted by Crippen LogP contribution is -2.57. The smallest absolute Gasteiger partial charge is 0.332 e. The van der Waals surface area contributed by atoms with Crippen LogP contribution in [-0.4, -0.2) is 77.4 Å². The van der Waals surface area contributed by atoms with Crippen LogP contribution in [0.2, 0.25) is 0 Å². The van der Waals surface area contributed by atoms with Gasteiger partial charge in [0.1, 0.15) is 5.60 Å². The van der Waals surface area contributed by atoms with Gasteiger partial charge >= 0.3 is 5.69 Å². The number of aromatic nitrogens is 4. The fraction of sp³-hybridized carbons (Fsp3) is 0.682. The van der Waals surface area contributed by atoms with Gasteiger partial charge in [0.2, 0.25) is 11.8 Å². The van der Waals surface area contributed by atoms with Crippen LogP contribution in [0, 0.1) is 0 Å². The van der Waals surface area contributed by atoms with Crippen molar-refractivity contribution >= 4 is 23.0 Å². The topological polar surface area (TPSA) is 181 Å². The van der Waals surface area contributed by atoms with Crippen molar-refractivity contribution in [2.24, 2.45) is 25.6 Å². The van der Waals surface area contributed by atoms with E-state index < -0.39 is 40.4 Å². The number of likely N-dealkylation sites (tertiary alicyclic amines) is 1. The van der Waals surface area contributed by atoms with Gasteiger partial charge in [-0.2, -0.15) is 0 Å². The Morgan fingerprint density at radius 2 is 1.91 bits per heavy atom. The summed E-state index contributed by atoms with van der Waals surface area (Å²) < 4.78 is 10.2. The molecule has 0 saturated carbocycles. The van der Waals surface area contributed by atoms with Crippen LogP contribution in [0.1, 0.15) is 45.1 Å². The standard InChI is InChI=1S/C22H33N7O6/c1-21(34)11-35-22(6-8-28(9-7-22)15(30)5-4-13(23)17(24)31)10-14(21)29-12-25-18-16(29)19(32)27(3)20(33)26(18)2/h12-14,34H,4-11,23H2,1-3H3,(H2,24,31)/t13-,14-,21-/m0/s1. The predicted octanol–water partition coefficient (Wildman–Crippen LogP) is -1.90. The molecule has 4 rings (SSSR count). The number of piperidine rings is 1. The molecule has 2 amide bonds. The number of rotatable bonds is 5. The van der Waals surface area contributed by atoms with Gasteiger partial charge in [0.15, 0.2) is 11.2 Å². The van der Waals surface area contributed by atoms with E-state index in [9.17, 15) is 24.3 Å². The van der Waals surface area contributed by atoms with Crippen LogP contribution >= 0.6 is 0 Å². The summed E-state index contributed by atoms with van der Waals surface area (Å²) in [6, 6.07) is -1.38. The third-order valence-electron chi connectivity index (χ3n) is 7.52. The highest BCUT2D eigenvalue weighted by Gasteiger charge is 2.50. The van der Waals surface area contributed by atoms with Gasteiger partial charge in [-0.05, 0) is 26.2 Å². The number of nitrogens with two attached hydrogens (primary N) is 2. The van der Waals surface area contributed by atoms with Gasteiger partial charge in [-0.15, -0.1) is 0 Å². The molecule has 2 aromatic heterocycles. The normalized spacial score (nSPS) is 25.2. The Morgan fingerprint density at radius 1 is 1.26 bits per heavy atom. The number of aryl methyl sites for hydroxylation is 1. The zero-order valence-electron chi connectivity index (χ0n) is 20.3. The molecule has 0 aromatic carbocycles. The minimum absolute atomic E-state index is 0.0465. The summed E-state index contributed by atoms with van der Waals surface area (Å²) in [6.45, 7) is 2.62. The minimum atomic E-state index is -1.28. The first-order chi connectivity index (χ1) is 16.4. The Kier molecular flexibility index (Phi) is 6.36. The SMILES string of the molecule is Cn1c(=O)c2c(ncn2[C@H]2CC3(CCN(C(=O)CC[C@H](N)C(N)=O)CC3)OC[C@]2(C)O)n(C)c1=O. The molecular formula is C22H33N7O6. The van der Waals surface area contributed by atoms with Crippen LogP contribution in [0.15, 0.2) is 15.9 Å². The maximum Gasteiger partial charge on any atom is 0.332 e. The number of carbonyl (C=O) groups excluding carboxylic acids is 2. The number of amides is 2. The highest BCUT2D eigenvalue weighted by molar-refractivity contribution is 5.81. The molecular weight excluding hydrogens is 458 g/mol. The van der Waals surface area contributed by atoms with Gasteiger partial charge in [-0.25, -0.2) is 9.78 Å². The van der Waals surface area contributed by atoms with E-state index in [2.05, 4.69) is 4.98 Å². The summed E-state index contributed by atoms with van der Waals surface area (Å²) >= 11 is 0. The summed E-state index contributed by atoms with van der Waals surface area (Å²) in [7, 11) is 2.96. The number of carbonyl (C=O) groups is 2. The molecule has 2 aromatic rings. The second-order valence-electron chi connectivity index (χ2n) is 10.0. The second-order valence-corrected chi connectivity index (χ2v) is 10.0. The van der Waals surface area contributed by atoms with Crippen molar-refractivity contribution in [3.8, 4) is 0 Å². The van der Waals surface area contributed by atoms with Gasteiger partial charge in [-0.3, -0.25) is 23.5 Å². The Bertz CT molecular complexity index is 1270. The van der Waals surface area contributed by atoms with E-state index in [-0.39, 0.29) is 36.5 Å². The first-order valence-electron chi connectivity index (χ1n) is 11.7. The summed E-state index contributed by atoms with van der Waals surface area (Å²) in [4.78, 5) is 55.0. The van der Waals surface area contributed by atoms with E-state index in [1.807, 2.05) is 0 Å². The average Bonchev–Trinajstić information content (AvgIpc) is 3.26. The molecule has 1 spiro atoms. The number of primary amides is 1. The van der Waals surface area contributed by atoms with Crippen LogP contribution in [0.5, 0.6) is 0 Å². The van der Waals surface area contributed by atoms with E-state index in [0.717, 1.165) is 4.57 Å². The molecule has 2 aliphatic rings. The van der Waals surface area contributed by atoms with Crippen LogP contribution in [-0.2, 0) is 28.4 Å². The Balaban J connectivity index is 1.55. The molecule has 35 heavy (non-hydrogen) atoms. The first-order valence-corrected chi connectivity index (χ1v) is 11.7. The molecule has 192 valence electrons. The summed E-state index contributed by atoms with van der Waals surface area (Å²) in [5, 5.41) is 11.2. The molecule has 5 N–H and O–H groups in total. The Morgan fingerprint density at radius 3 is 2.54 bits per heavy atom. The third-order valence-corrected chi connectivity index (χ3v) is 7.52. The summed E-state index contributed by atoms with van der Waals surface area (Å²) in [5.74, 6) is -0.730. The molecule has 2 saturated heterocycles. The van der Waals surface area contributed by atoms with E-state index in [0.29, 0.717) is 32.4 Å². The first kappa shape index (κ1) is 25.1. The average molecular weight is 492 g/mol. The van der Waals surface area contributed by atoms with E-state index in [1.54, 1.807) is 23.4 Å². The quantitative estimate of drug-likeness (QED) is 0.433. The molecule has 0 unspecified atom stereocenters. The van der Waals surface area contributed by atoms with Gasteiger partial charge < -0.3 is 30.8 Å². The number of nitrogens with zero attached hydrogens (tertiary/aromatic N) is 5. The van der Waals surface area contributed by atoms with Gasteiger partial charge in [0, 0.05) is 40.0 Å². The highest BCUT2D eigenvalue weighted by atomic mass is 16.5. The van der Waals surface area contributed by atoms with Crippen LogP contribution < -0.4 is 22.7 Å². The summed E-state index contributed by atoms with van der Waals surface area (Å²) in [6.07, 6.45) is 3.34. The molecule has 3 atom stereocenters. The molecule has 2 aliphatic heterocycles. The molecule has 0 aliphatic carbocycles. The number of fused-ring (bicyclic) bond motifs is 1. The molecule has 2 fully saturated rings. The molecule has 13 nitrogen and oxygen atoms in total. The molecule has 0 radical (unpaired) electrons. The van der Waals surface area contributed by atoms with E-state index in [1.165, 1.54) is 17.9 Å². The van der Waals surface area contributed by atoms with Crippen LogP contribution in [0.4, 0.5) is 0 Å². The van der Waals surface area contributed by atoms with Crippen molar-refractivity contribution in [1.82, 2.24) is 23.6 Å². The maximum atomic E-state index is 13.0. The fourth-order valence-corrected chi connectivity index (χ4v) is 5.12. The fourth-order valence-electron chi connectivity index (χ4n) is 5.12. The second kappa shape index (κ2) is 8.88. The van der Waals surface area contributed by atoms with Crippen molar-refractivity contribution in [2.75, 3.05) is 19.7 Å². The van der Waals surface area contributed by atoms with E-state index in [4.69, 9.17) is 16.2 Å². The number of hydrogen-bond acceptors (Lipinski definition) is 8. The van der Waals surface area contributed by atoms with Crippen molar-refractivity contribution in [2.45, 2.75) is 62.3 Å². The van der Waals surface area contributed by atoms with Crippen molar-refractivity contribution in [3.05, 3.63) is 27.2 Å². The largest absolute Gasteiger partial charge is 0.386 e. The maximum absolute atomic E-state index is 13.0.